The number of aryl methyl sites for hydroxylation is 1. The standard InChI is InChI=1S/C23H21F3N6O2/c1-14(31(3)4)18-7-5-6-16(12-18)13-32-15(2)27-21(29-32)22-28-20(30-34-22)17-8-10-19(11-9-17)33-23(24,25)26/h5-12H,1,13H2,2-4H3. The molecular weight excluding hydrogens is 449 g/mol. The van der Waals surface area contributed by atoms with Gasteiger partial charge in [-0.3, -0.25) is 0 Å². The average Bonchev–Trinajstić information content (AvgIpc) is 3.40. The molecule has 0 atom stereocenters. The van der Waals surface area contributed by atoms with Crippen molar-refractivity contribution in [3.63, 3.8) is 0 Å². The van der Waals surface area contributed by atoms with Crippen molar-refractivity contribution >= 4 is 5.70 Å². The summed E-state index contributed by atoms with van der Waals surface area (Å²) in [7, 11) is 3.87. The summed E-state index contributed by atoms with van der Waals surface area (Å²) in [5, 5.41) is 8.36. The fraction of sp³-hybridized carbons (Fsp3) is 0.217. The summed E-state index contributed by atoms with van der Waals surface area (Å²) in [6.07, 6.45) is -4.76. The number of halogens is 3. The molecule has 176 valence electrons. The van der Waals surface area contributed by atoms with E-state index in [9.17, 15) is 13.2 Å². The number of nitrogens with zero attached hydrogens (tertiary/aromatic N) is 6. The first-order valence-corrected chi connectivity index (χ1v) is 10.2. The van der Waals surface area contributed by atoms with E-state index in [4.69, 9.17) is 4.52 Å². The van der Waals surface area contributed by atoms with E-state index < -0.39 is 6.36 Å². The number of hydrogen-bond donors (Lipinski definition) is 0. The van der Waals surface area contributed by atoms with E-state index in [1.807, 2.05) is 50.2 Å². The average molecular weight is 470 g/mol. The van der Waals surface area contributed by atoms with Crippen LogP contribution in [0, 0.1) is 6.92 Å². The predicted molar refractivity (Wildman–Crippen MR) is 118 cm³/mol. The highest BCUT2D eigenvalue weighted by molar-refractivity contribution is 5.62. The van der Waals surface area contributed by atoms with Crippen molar-refractivity contribution in [2.75, 3.05) is 14.1 Å². The van der Waals surface area contributed by atoms with Gasteiger partial charge in [-0.15, -0.1) is 18.3 Å². The Morgan fingerprint density at radius 3 is 2.50 bits per heavy atom. The Hall–Kier alpha value is -4.15. The molecule has 0 spiro atoms. The van der Waals surface area contributed by atoms with Gasteiger partial charge < -0.3 is 14.2 Å². The van der Waals surface area contributed by atoms with Gasteiger partial charge in [0.1, 0.15) is 11.6 Å². The molecule has 0 aliphatic rings. The minimum absolute atomic E-state index is 0.0993. The van der Waals surface area contributed by atoms with Crippen LogP contribution in [-0.2, 0) is 6.54 Å². The first kappa shape index (κ1) is 23.0. The summed E-state index contributed by atoms with van der Waals surface area (Å²) >= 11 is 0. The van der Waals surface area contributed by atoms with Gasteiger partial charge in [-0.1, -0.05) is 29.9 Å². The van der Waals surface area contributed by atoms with Gasteiger partial charge in [-0.05, 0) is 48.4 Å². The van der Waals surface area contributed by atoms with Crippen LogP contribution in [-0.4, -0.2) is 50.3 Å². The van der Waals surface area contributed by atoms with Crippen LogP contribution >= 0.6 is 0 Å². The molecule has 2 heterocycles. The quantitative estimate of drug-likeness (QED) is 0.384. The number of rotatable bonds is 7. The molecule has 0 unspecified atom stereocenters. The zero-order valence-electron chi connectivity index (χ0n) is 18.7. The third kappa shape index (κ3) is 5.25. The SMILES string of the molecule is C=C(c1cccc(Cn2nc(-c3nc(-c4ccc(OC(F)(F)F)cc4)no3)nc2C)c1)N(C)C. The van der Waals surface area contributed by atoms with E-state index >= 15 is 0 Å². The van der Waals surface area contributed by atoms with Crippen molar-refractivity contribution in [2.24, 2.45) is 0 Å². The van der Waals surface area contributed by atoms with Gasteiger partial charge in [0.15, 0.2) is 0 Å². The number of alkyl halides is 3. The second-order valence-electron chi connectivity index (χ2n) is 7.68. The van der Waals surface area contributed by atoms with Crippen molar-refractivity contribution in [3.8, 4) is 28.9 Å². The molecule has 0 fully saturated rings. The van der Waals surface area contributed by atoms with Gasteiger partial charge in [0.25, 0.3) is 5.89 Å². The van der Waals surface area contributed by atoms with Crippen LogP contribution < -0.4 is 4.74 Å². The normalized spacial score (nSPS) is 11.5. The minimum Gasteiger partial charge on any atom is -0.406 e. The van der Waals surface area contributed by atoms with Crippen LogP contribution in [0.2, 0.25) is 0 Å². The molecule has 11 heteroatoms. The highest BCUT2D eigenvalue weighted by atomic mass is 19.4. The van der Waals surface area contributed by atoms with E-state index in [-0.39, 0.29) is 23.3 Å². The van der Waals surface area contributed by atoms with Gasteiger partial charge in [0.05, 0.1) is 6.54 Å². The Bertz CT molecular complexity index is 1310. The van der Waals surface area contributed by atoms with Gasteiger partial charge in [-0.2, -0.15) is 4.98 Å². The molecule has 34 heavy (non-hydrogen) atoms. The van der Waals surface area contributed by atoms with E-state index in [2.05, 4.69) is 31.5 Å². The first-order valence-electron chi connectivity index (χ1n) is 10.2. The smallest absolute Gasteiger partial charge is 0.406 e. The van der Waals surface area contributed by atoms with Gasteiger partial charge in [-0.25, -0.2) is 9.67 Å². The minimum atomic E-state index is -4.76. The Labute approximate surface area is 193 Å². The van der Waals surface area contributed by atoms with Crippen LogP contribution in [0.15, 0.2) is 59.6 Å². The topological polar surface area (TPSA) is 82.1 Å². The highest BCUT2D eigenvalue weighted by Gasteiger charge is 2.31. The Kier molecular flexibility index (Phi) is 6.10. The fourth-order valence-electron chi connectivity index (χ4n) is 3.18. The fourth-order valence-corrected chi connectivity index (χ4v) is 3.18. The predicted octanol–water partition coefficient (Wildman–Crippen LogP) is 4.78. The van der Waals surface area contributed by atoms with E-state index in [1.165, 1.54) is 24.3 Å². The van der Waals surface area contributed by atoms with Gasteiger partial charge in [0.2, 0.25) is 11.6 Å². The molecule has 8 nitrogen and oxygen atoms in total. The lowest BCUT2D eigenvalue weighted by Crippen LogP contribution is -2.16. The zero-order valence-corrected chi connectivity index (χ0v) is 18.7. The summed E-state index contributed by atoms with van der Waals surface area (Å²) in [5.74, 6) is 0.858. The lowest BCUT2D eigenvalue weighted by molar-refractivity contribution is -0.274. The molecule has 0 aliphatic carbocycles. The maximum absolute atomic E-state index is 12.3. The Balaban J connectivity index is 1.51. The summed E-state index contributed by atoms with van der Waals surface area (Å²) in [4.78, 5) is 10.6. The first-order chi connectivity index (χ1) is 16.1. The number of benzene rings is 2. The van der Waals surface area contributed by atoms with E-state index in [1.54, 1.807) is 4.68 Å². The largest absolute Gasteiger partial charge is 0.573 e. The van der Waals surface area contributed by atoms with Gasteiger partial charge >= 0.3 is 6.36 Å². The van der Waals surface area contributed by atoms with E-state index in [0.717, 1.165) is 16.8 Å². The molecule has 0 bridgehead atoms. The Morgan fingerprint density at radius 1 is 1.09 bits per heavy atom. The molecule has 4 rings (SSSR count). The maximum Gasteiger partial charge on any atom is 0.573 e. The summed E-state index contributed by atoms with van der Waals surface area (Å²) in [6.45, 7) is 6.38. The van der Waals surface area contributed by atoms with Gasteiger partial charge in [0, 0.05) is 25.4 Å². The van der Waals surface area contributed by atoms with Crippen LogP contribution in [0.5, 0.6) is 5.75 Å². The Morgan fingerprint density at radius 2 is 1.82 bits per heavy atom. The number of hydrogen-bond acceptors (Lipinski definition) is 7. The maximum atomic E-state index is 12.3. The molecule has 2 aromatic carbocycles. The second kappa shape index (κ2) is 9.00. The zero-order chi connectivity index (χ0) is 24.5. The van der Waals surface area contributed by atoms with E-state index in [0.29, 0.717) is 17.9 Å². The number of aromatic nitrogens is 5. The van der Waals surface area contributed by atoms with Crippen molar-refractivity contribution in [1.29, 1.82) is 0 Å². The lowest BCUT2D eigenvalue weighted by atomic mass is 10.1. The van der Waals surface area contributed by atoms with Crippen LogP contribution in [0.3, 0.4) is 0 Å². The van der Waals surface area contributed by atoms with Crippen LogP contribution in [0.1, 0.15) is 17.0 Å². The molecule has 0 aliphatic heterocycles. The van der Waals surface area contributed by atoms with Crippen molar-refractivity contribution in [2.45, 2.75) is 19.8 Å². The summed E-state index contributed by atoms with van der Waals surface area (Å²) < 4.78 is 47.9. The molecule has 4 aromatic rings. The second-order valence-corrected chi connectivity index (χ2v) is 7.68. The lowest BCUT2D eigenvalue weighted by Gasteiger charge is -2.16. The molecule has 0 N–H and O–H groups in total. The van der Waals surface area contributed by atoms with Crippen molar-refractivity contribution in [1.82, 2.24) is 29.8 Å². The number of ether oxygens (including phenoxy) is 1. The summed E-state index contributed by atoms with van der Waals surface area (Å²) in [6, 6.07) is 13.1. The highest BCUT2D eigenvalue weighted by Crippen LogP contribution is 2.26. The molecule has 0 saturated carbocycles. The third-order valence-electron chi connectivity index (χ3n) is 4.95. The summed E-state index contributed by atoms with van der Waals surface area (Å²) in [5.41, 5.74) is 3.38. The molecular formula is C23H21F3N6O2. The molecule has 0 saturated heterocycles. The molecule has 2 aromatic heterocycles. The molecule has 0 radical (unpaired) electrons. The van der Waals surface area contributed by atoms with Crippen molar-refractivity contribution in [3.05, 3.63) is 72.1 Å². The van der Waals surface area contributed by atoms with Crippen molar-refractivity contribution < 1.29 is 22.4 Å². The molecule has 0 amide bonds. The monoisotopic (exact) mass is 470 g/mol. The van der Waals surface area contributed by atoms with Crippen LogP contribution in [0.25, 0.3) is 28.8 Å². The van der Waals surface area contributed by atoms with Crippen LogP contribution in [0.4, 0.5) is 13.2 Å². The third-order valence-corrected chi connectivity index (χ3v) is 4.95.